The number of likely N-dealkylation sites (N-methyl/N-ethyl adjacent to an activating group) is 1. The lowest BCUT2D eigenvalue weighted by Gasteiger charge is -2.19. The highest BCUT2D eigenvalue weighted by molar-refractivity contribution is 7.15. The number of nitrogens with zero attached hydrogens (tertiary/aromatic N) is 2. The predicted octanol–water partition coefficient (Wildman–Crippen LogP) is 2.59. The Morgan fingerprint density at radius 3 is 2.67 bits per heavy atom. The van der Waals surface area contributed by atoms with Crippen LogP contribution in [-0.2, 0) is 11.3 Å². The Morgan fingerprint density at radius 1 is 1.44 bits per heavy atom. The van der Waals surface area contributed by atoms with Crippen molar-refractivity contribution in [2.75, 3.05) is 31.7 Å². The number of methoxy groups -OCH3 is 1. The maximum absolute atomic E-state index is 5.83. The fourth-order valence-electron chi connectivity index (χ4n) is 1.80. The molecule has 1 aromatic rings. The Bertz CT molecular complexity index is 354. The molecule has 1 rings (SSSR count). The first-order valence-corrected chi connectivity index (χ1v) is 7.43. The van der Waals surface area contributed by atoms with Crippen molar-refractivity contribution in [1.29, 1.82) is 0 Å². The van der Waals surface area contributed by atoms with Crippen molar-refractivity contribution >= 4 is 16.5 Å². The van der Waals surface area contributed by atoms with Gasteiger partial charge in [-0.1, -0.05) is 13.8 Å². The summed E-state index contributed by atoms with van der Waals surface area (Å²) in [6, 6.07) is 0. The molecule has 1 atom stereocenters. The van der Waals surface area contributed by atoms with E-state index in [-0.39, 0.29) is 0 Å². The van der Waals surface area contributed by atoms with Gasteiger partial charge in [-0.2, -0.15) is 0 Å². The van der Waals surface area contributed by atoms with Gasteiger partial charge in [0.2, 0.25) is 0 Å². The van der Waals surface area contributed by atoms with Crippen molar-refractivity contribution in [2.45, 2.75) is 39.7 Å². The fraction of sp³-hybridized carbons (Fsp3) is 0.769. The van der Waals surface area contributed by atoms with Gasteiger partial charge in [0.1, 0.15) is 0 Å². The summed E-state index contributed by atoms with van der Waals surface area (Å²) in [4.78, 5) is 8.25. The van der Waals surface area contributed by atoms with Crippen LogP contribution in [0.2, 0.25) is 0 Å². The summed E-state index contributed by atoms with van der Waals surface area (Å²) in [6.45, 7) is 9.67. The molecule has 0 aliphatic rings. The molecule has 0 saturated heterocycles. The molecule has 1 aromatic heterocycles. The molecule has 0 fully saturated rings. The minimum Gasteiger partial charge on any atom is -0.383 e. The second kappa shape index (κ2) is 7.71. The zero-order valence-electron chi connectivity index (χ0n) is 11.9. The number of anilines is 1. The molecule has 4 nitrogen and oxygen atoms in total. The largest absolute Gasteiger partial charge is 0.383 e. The molecule has 0 spiro atoms. The maximum atomic E-state index is 5.83. The Morgan fingerprint density at radius 2 is 2.17 bits per heavy atom. The minimum absolute atomic E-state index is 0.481. The molecule has 1 heterocycles. The predicted molar refractivity (Wildman–Crippen MR) is 78.5 cm³/mol. The number of ether oxygens (including phenoxy) is 1. The van der Waals surface area contributed by atoms with Gasteiger partial charge in [0, 0.05) is 31.6 Å². The molecule has 0 bridgehead atoms. The Hall–Kier alpha value is -0.650. The molecule has 0 saturated carbocycles. The molecule has 5 heteroatoms. The highest BCUT2D eigenvalue weighted by atomic mass is 32.1. The highest BCUT2D eigenvalue weighted by Crippen LogP contribution is 2.31. The van der Waals surface area contributed by atoms with Crippen LogP contribution in [0.15, 0.2) is 0 Å². The first-order chi connectivity index (χ1) is 8.67. The molecule has 2 N–H and O–H groups in total. The fourth-order valence-corrected chi connectivity index (χ4v) is 2.95. The van der Waals surface area contributed by atoms with Gasteiger partial charge in [0.25, 0.3) is 0 Å². The molecule has 0 aromatic carbocycles. The van der Waals surface area contributed by atoms with E-state index in [1.54, 1.807) is 18.4 Å². The second-order valence-corrected chi connectivity index (χ2v) is 5.45. The summed E-state index contributed by atoms with van der Waals surface area (Å²) in [5.74, 6) is 0.481. The third kappa shape index (κ3) is 3.67. The Balaban J connectivity index is 2.91. The van der Waals surface area contributed by atoms with Crippen LogP contribution in [-0.4, -0.2) is 31.8 Å². The van der Waals surface area contributed by atoms with Gasteiger partial charge in [0.15, 0.2) is 5.13 Å². The monoisotopic (exact) mass is 271 g/mol. The first-order valence-electron chi connectivity index (χ1n) is 6.61. The SMILES string of the molecule is CCC(C)c1nc(N(CC)CCOC)sc1CN. The third-order valence-electron chi connectivity index (χ3n) is 3.20. The normalized spacial score (nSPS) is 12.7. The van der Waals surface area contributed by atoms with Gasteiger partial charge >= 0.3 is 0 Å². The smallest absolute Gasteiger partial charge is 0.185 e. The van der Waals surface area contributed by atoms with Crippen LogP contribution in [0.1, 0.15) is 43.7 Å². The van der Waals surface area contributed by atoms with Crippen molar-refractivity contribution in [3.63, 3.8) is 0 Å². The van der Waals surface area contributed by atoms with Gasteiger partial charge in [-0.15, -0.1) is 11.3 Å². The van der Waals surface area contributed by atoms with Crippen LogP contribution in [0, 0.1) is 0 Å². The summed E-state index contributed by atoms with van der Waals surface area (Å²) >= 11 is 1.72. The first kappa shape index (κ1) is 15.4. The lowest BCUT2D eigenvalue weighted by Crippen LogP contribution is -2.26. The molecule has 0 aliphatic carbocycles. The lowest BCUT2D eigenvalue weighted by atomic mass is 10.0. The van der Waals surface area contributed by atoms with Gasteiger partial charge in [-0.3, -0.25) is 0 Å². The van der Waals surface area contributed by atoms with E-state index in [0.717, 1.165) is 31.2 Å². The van der Waals surface area contributed by atoms with E-state index in [2.05, 4.69) is 25.7 Å². The summed E-state index contributed by atoms with van der Waals surface area (Å²) in [7, 11) is 1.73. The Labute approximate surface area is 114 Å². The number of nitrogens with two attached hydrogens (primary N) is 1. The van der Waals surface area contributed by atoms with E-state index in [1.807, 2.05) is 0 Å². The zero-order chi connectivity index (χ0) is 13.5. The van der Waals surface area contributed by atoms with Crippen molar-refractivity contribution in [2.24, 2.45) is 5.73 Å². The van der Waals surface area contributed by atoms with Crippen LogP contribution in [0.4, 0.5) is 5.13 Å². The average molecular weight is 271 g/mol. The van der Waals surface area contributed by atoms with E-state index in [4.69, 9.17) is 15.5 Å². The number of thiazole rings is 1. The third-order valence-corrected chi connectivity index (χ3v) is 4.35. The quantitative estimate of drug-likeness (QED) is 0.789. The molecule has 0 radical (unpaired) electrons. The molecule has 1 unspecified atom stereocenters. The Kier molecular flexibility index (Phi) is 6.60. The van der Waals surface area contributed by atoms with Crippen molar-refractivity contribution in [3.8, 4) is 0 Å². The lowest BCUT2D eigenvalue weighted by molar-refractivity contribution is 0.205. The minimum atomic E-state index is 0.481. The number of rotatable bonds is 8. The topological polar surface area (TPSA) is 51.4 Å². The molecular weight excluding hydrogens is 246 g/mol. The van der Waals surface area contributed by atoms with Gasteiger partial charge in [0.05, 0.1) is 12.3 Å². The second-order valence-electron chi connectivity index (χ2n) is 4.39. The van der Waals surface area contributed by atoms with Crippen LogP contribution in [0.3, 0.4) is 0 Å². The summed E-state index contributed by atoms with van der Waals surface area (Å²) < 4.78 is 5.14. The van der Waals surface area contributed by atoms with Gasteiger partial charge in [-0.05, 0) is 19.3 Å². The number of hydrogen-bond acceptors (Lipinski definition) is 5. The average Bonchev–Trinajstić information content (AvgIpc) is 2.83. The zero-order valence-corrected chi connectivity index (χ0v) is 12.7. The molecular formula is C13H25N3OS. The van der Waals surface area contributed by atoms with Crippen LogP contribution in [0.25, 0.3) is 0 Å². The van der Waals surface area contributed by atoms with E-state index in [9.17, 15) is 0 Å². The molecule has 104 valence electrons. The molecule has 0 aliphatic heterocycles. The van der Waals surface area contributed by atoms with Crippen molar-refractivity contribution in [1.82, 2.24) is 4.98 Å². The number of hydrogen-bond donors (Lipinski definition) is 1. The van der Waals surface area contributed by atoms with Crippen LogP contribution in [0.5, 0.6) is 0 Å². The van der Waals surface area contributed by atoms with Crippen molar-refractivity contribution < 1.29 is 4.74 Å². The molecule has 0 amide bonds. The van der Waals surface area contributed by atoms with E-state index >= 15 is 0 Å². The summed E-state index contributed by atoms with van der Waals surface area (Å²) in [5, 5.41) is 1.07. The van der Waals surface area contributed by atoms with Crippen molar-refractivity contribution in [3.05, 3.63) is 10.6 Å². The van der Waals surface area contributed by atoms with E-state index < -0.39 is 0 Å². The summed E-state index contributed by atoms with van der Waals surface area (Å²) in [5.41, 5.74) is 7.00. The van der Waals surface area contributed by atoms with Gasteiger partial charge in [-0.25, -0.2) is 4.98 Å². The van der Waals surface area contributed by atoms with E-state index in [1.165, 1.54) is 10.6 Å². The maximum Gasteiger partial charge on any atom is 0.185 e. The number of aromatic nitrogens is 1. The highest BCUT2D eigenvalue weighted by Gasteiger charge is 2.17. The standard InChI is InChI=1S/C13H25N3OS/c1-5-10(3)12-11(9-14)18-13(15-12)16(6-2)7-8-17-4/h10H,5-9,14H2,1-4H3. The van der Waals surface area contributed by atoms with Gasteiger partial charge < -0.3 is 15.4 Å². The van der Waals surface area contributed by atoms with E-state index in [0.29, 0.717) is 12.5 Å². The summed E-state index contributed by atoms with van der Waals surface area (Å²) in [6.07, 6.45) is 1.10. The van der Waals surface area contributed by atoms with Crippen LogP contribution >= 0.6 is 11.3 Å². The molecule has 18 heavy (non-hydrogen) atoms. The van der Waals surface area contributed by atoms with Crippen LogP contribution < -0.4 is 10.6 Å².